The van der Waals surface area contributed by atoms with Crippen molar-refractivity contribution in [3.8, 4) is 0 Å². The molecule has 7 heteroatoms. The van der Waals surface area contributed by atoms with Crippen LogP contribution in [0.2, 0.25) is 0 Å². The number of nitrogens with zero attached hydrogens (tertiary/aromatic N) is 1. The second-order valence-corrected chi connectivity index (χ2v) is 6.33. The molecule has 0 spiro atoms. The van der Waals surface area contributed by atoms with E-state index in [1.807, 2.05) is 30.3 Å². The Balaban J connectivity index is 2.27. The summed E-state index contributed by atoms with van der Waals surface area (Å²) in [5.41, 5.74) is -0.424. The van der Waals surface area contributed by atoms with Gasteiger partial charge in [0.15, 0.2) is 0 Å². The number of amides is 2. The van der Waals surface area contributed by atoms with Gasteiger partial charge in [0, 0.05) is 13.0 Å². The lowest BCUT2D eigenvalue weighted by atomic mass is 9.91. The number of carbonyl (C=O) groups is 3. The van der Waals surface area contributed by atoms with Gasteiger partial charge in [-0.3, -0.25) is 4.79 Å². The molecule has 1 unspecified atom stereocenters. The van der Waals surface area contributed by atoms with Gasteiger partial charge in [-0.05, 0) is 32.3 Å². The third-order valence-corrected chi connectivity index (χ3v) is 4.32. The molecular weight excluding hydrogens is 324 g/mol. The summed E-state index contributed by atoms with van der Waals surface area (Å²) in [6.07, 6.45) is 0.597. The summed E-state index contributed by atoms with van der Waals surface area (Å²) in [6.45, 7) is 3.83. The van der Waals surface area contributed by atoms with Crippen LogP contribution in [0.4, 0.5) is 4.79 Å². The second-order valence-electron chi connectivity index (χ2n) is 6.33. The Labute approximate surface area is 147 Å². The first-order valence-corrected chi connectivity index (χ1v) is 8.40. The third-order valence-electron chi connectivity index (χ3n) is 4.32. The van der Waals surface area contributed by atoms with Gasteiger partial charge in [0.05, 0.1) is 6.61 Å². The molecule has 0 aliphatic carbocycles. The van der Waals surface area contributed by atoms with Crippen molar-refractivity contribution in [2.75, 3.05) is 13.2 Å². The predicted molar refractivity (Wildman–Crippen MR) is 91.1 cm³/mol. The van der Waals surface area contributed by atoms with E-state index in [0.29, 0.717) is 19.4 Å². The summed E-state index contributed by atoms with van der Waals surface area (Å²) in [4.78, 5) is 37.8. The number of carboxylic acid groups (broad SMARTS) is 1. The number of ether oxygens (including phenoxy) is 1. The van der Waals surface area contributed by atoms with Crippen molar-refractivity contribution in [2.45, 2.75) is 44.7 Å². The average molecular weight is 348 g/mol. The Hall–Kier alpha value is -2.57. The van der Waals surface area contributed by atoms with E-state index in [1.165, 1.54) is 4.90 Å². The van der Waals surface area contributed by atoms with E-state index >= 15 is 0 Å². The zero-order chi connectivity index (χ0) is 18.4. The largest absolute Gasteiger partial charge is 0.480 e. The fraction of sp³-hybridized carbons (Fsp3) is 0.500. The second kappa shape index (κ2) is 8.00. The summed E-state index contributed by atoms with van der Waals surface area (Å²) in [7, 11) is 0. The maximum absolute atomic E-state index is 13.1. The van der Waals surface area contributed by atoms with Crippen molar-refractivity contribution in [3.63, 3.8) is 0 Å². The van der Waals surface area contributed by atoms with E-state index in [1.54, 1.807) is 13.8 Å². The fourth-order valence-corrected chi connectivity index (χ4v) is 3.15. The first kappa shape index (κ1) is 18.8. The van der Waals surface area contributed by atoms with Crippen molar-refractivity contribution < 1.29 is 24.2 Å². The van der Waals surface area contributed by atoms with Gasteiger partial charge in [0.1, 0.15) is 11.6 Å². The maximum Gasteiger partial charge on any atom is 0.407 e. The Bertz CT molecular complexity index is 634. The molecule has 0 saturated carbocycles. The molecular formula is C18H24N2O5. The van der Waals surface area contributed by atoms with E-state index < -0.39 is 29.6 Å². The molecule has 1 heterocycles. The number of aliphatic carboxylic acids is 1. The van der Waals surface area contributed by atoms with Gasteiger partial charge in [-0.15, -0.1) is 0 Å². The van der Waals surface area contributed by atoms with Crippen LogP contribution < -0.4 is 5.32 Å². The van der Waals surface area contributed by atoms with E-state index in [4.69, 9.17) is 4.74 Å². The zero-order valence-electron chi connectivity index (χ0n) is 14.5. The van der Waals surface area contributed by atoms with Crippen LogP contribution in [-0.4, -0.2) is 52.7 Å². The number of hydrogen-bond donors (Lipinski definition) is 2. The fourth-order valence-electron chi connectivity index (χ4n) is 3.15. The molecule has 1 aromatic rings. The van der Waals surface area contributed by atoms with Crippen molar-refractivity contribution in [3.05, 3.63) is 35.9 Å². The summed E-state index contributed by atoms with van der Waals surface area (Å²) < 4.78 is 4.93. The maximum atomic E-state index is 13.1. The lowest BCUT2D eigenvalue weighted by Gasteiger charge is -2.35. The molecule has 7 nitrogen and oxygen atoms in total. The number of benzene rings is 1. The van der Waals surface area contributed by atoms with E-state index in [-0.39, 0.29) is 13.0 Å². The molecule has 1 aliphatic heterocycles. The Morgan fingerprint density at radius 2 is 2.00 bits per heavy atom. The first-order chi connectivity index (χ1) is 11.9. The minimum atomic E-state index is -1.29. The molecule has 2 atom stereocenters. The highest BCUT2D eigenvalue weighted by molar-refractivity contribution is 5.93. The first-order valence-electron chi connectivity index (χ1n) is 8.40. The topological polar surface area (TPSA) is 95.9 Å². The molecule has 2 rings (SSSR count). The molecule has 0 aromatic heterocycles. The number of likely N-dealkylation sites (tertiary alicyclic amines) is 1. The molecule has 0 radical (unpaired) electrons. The molecule has 1 aromatic carbocycles. The van der Waals surface area contributed by atoms with Gasteiger partial charge in [-0.2, -0.15) is 0 Å². The van der Waals surface area contributed by atoms with Gasteiger partial charge in [0.25, 0.3) is 0 Å². The van der Waals surface area contributed by atoms with Crippen molar-refractivity contribution in [2.24, 2.45) is 0 Å². The highest BCUT2D eigenvalue weighted by atomic mass is 16.5. The molecule has 1 aliphatic rings. The highest BCUT2D eigenvalue weighted by Gasteiger charge is 2.44. The SMILES string of the molecule is CCOC(=O)NC(C)(Cc1ccccc1)C(=O)N1CCC[C@H]1C(=O)O. The van der Waals surface area contributed by atoms with E-state index in [2.05, 4.69) is 5.32 Å². The van der Waals surface area contributed by atoms with E-state index in [9.17, 15) is 19.5 Å². The number of alkyl carbamates (subject to hydrolysis) is 1. The molecule has 2 N–H and O–H groups in total. The molecule has 1 fully saturated rings. The van der Waals surface area contributed by atoms with Crippen LogP contribution >= 0.6 is 0 Å². The van der Waals surface area contributed by atoms with Crippen LogP contribution in [0.5, 0.6) is 0 Å². The molecule has 25 heavy (non-hydrogen) atoms. The third kappa shape index (κ3) is 4.49. The zero-order valence-corrected chi connectivity index (χ0v) is 14.5. The number of nitrogens with one attached hydrogen (secondary N) is 1. The molecule has 0 bridgehead atoms. The number of carboxylic acids is 1. The summed E-state index contributed by atoms with van der Waals surface area (Å²) in [5, 5.41) is 12.0. The van der Waals surface area contributed by atoms with E-state index in [0.717, 1.165) is 5.56 Å². The van der Waals surface area contributed by atoms with Crippen LogP contribution in [0.3, 0.4) is 0 Å². The lowest BCUT2D eigenvalue weighted by Crippen LogP contribution is -2.60. The van der Waals surface area contributed by atoms with Crippen LogP contribution in [-0.2, 0) is 20.7 Å². The van der Waals surface area contributed by atoms with Gasteiger partial charge >= 0.3 is 12.1 Å². The van der Waals surface area contributed by atoms with Gasteiger partial charge in [0.2, 0.25) is 5.91 Å². The Morgan fingerprint density at radius 1 is 1.32 bits per heavy atom. The minimum Gasteiger partial charge on any atom is -0.480 e. The number of carbonyl (C=O) groups excluding carboxylic acids is 2. The van der Waals surface area contributed by atoms with Crippen molar-refractivity contribution >= 4 is 18.0 Å². The van der Waals surface area contributed by atoms with Crippen LogP contribution in [0, 0.1) is 0 Å². The van der Waals surface area contributed by atoms with Crippen LogP contribution in [0.15, 0.2) is 30.3 Å². The van der Waals surface area contributed by atoms with Crippen LogP contribution in [0.25, 0.3) is 0 Å². The Kier molecular flexibility index (Phi) is 6.01. The normalized spacial score (nSPS) is 19.1. The summed E-state index contributed by atoms with van der Waals surface area (Å²) >= 11 is 0. The highest BCUT2D eigenvalue weighted by Crippen LogP contribution is 2.24. The number of rotatable bonds is 6. The standard InChI is InChI=1S/C18H24N2O5/c1-3-25-17(24)19-18(2,12-13-8-5-4-6-9-13)16(23)20-11-7-10-14(20)15(21)22/h4-6,8-9,14H,3,7,10-12H2,1-2H3,(H,19,24)(H,21,22)/t14-,18?/m0/s1. The predicted octanol–water partition coefficient (Wildman–Crippen LogP) is 1.81. The van der Waals surface area contributed by atoms with Crippen molar-refractivity contribution in [1.29, 1.82) is 0 Å². The van der Waals surface area contributed by atoms with Gasteiger partial charge in [-0.25, -0.2) is 9.59 Å². The van der Waals surface area contributed by atoms with Gasteiger partial charge in [-0.1, -0.05) is 30.3 Å². The lowest BCUT2D eigenvalue weighted by molar-refractivity contribution is -0.150. The van der Waals surface area contributed by atoms with Gasteiger partial charge < -0.3 is 20.1 Å². The quantitative estimate of drug-likeness (QED) is 0.817. The summed E-state index contributed by atoms with van der Waals surface area (Å²) in [6, 6.07) is 8.42. The minimum absolute atomic E-state index is 0.183. The monoisotopic (exact) mass is 348 g/mol. The average Bonchev–Trinajstić information content (AvgIpc) is 3.04. The molecule has 136 valence electrons. The number of hydrogen-bond acceptors (Lipinski definition) is 4. The van der Waals surface area contributed by atoms with Crippen LogP contribution in [0.1, 0.15) is 32.3 Å². The molecule has 1 saturated heterocycles. The molecule has 2 amide bonds. The van der Waals surface area contributed by atoms with Crippen molar-refractivity contribution in [1.82, 2.24) is 10.2 Å². The Morgan fingerprint density at radius 3 is 2.60 bits per heavy atom. The smallest absolute Gasteiger partial charge is 0.407 e. The summed E-state index contributed by atoms with van der Waals surface area (Å²) in [5.74, 6) is -1.43.